The molecule has 72 valence electrons. The van der Waals surface area contributed by atoms with Gasteiger partial charge in [-0.3, -0.25) is 0 Å². The highest BCUT2D eigenvalue weighted by atomic mass is 14.3. The molecule has 0 N–H and O–H groups in total. The molecule has 0 saturated heterocycles. The molecule has 4 rings (SSSR count). The Kier molecular flexibility index (Phi) is 1.29. The van der Waals surface area contributed by atoms with E-state index in [1.165, 1.54) is 24.0 Å². The van der Waals surface area contributed by atoms with Crippen LogP contribution in [0.4, 0.5) is 0 Å². The zero-order chi connectivity index (χ0) is 9.83. The monoisotopic (exact) mass is 192 g/mol. The summed E-state index contributed by atoms with van der Waals surface area (Å²) in [6.07, 6.45) is 8.16. The summed E-state index contributed by atoms with van der Waals surface area (Å²) in [6.45, 7) is 0. The minimum atomic E-state index is 1.16. The van der Waals surface area contributed by atoms with Crippen LogP contribution in [-0.2, 0) is 6.42 Å². The van der Waals surface area contributed by atoms with E-state index < -0.39 is 0 Å². The summed E-state index contributed by atoms with van der Waals surface area (Å²) in [5.74, 6) is 0. The molecule has 1 aromatic rings. The van der Waals surface area contributed by atoms with Crippen molar-refractivity contribution in [3.05, 3.63) is 64.3 Å². The van der Waals surface area contributed by atoms with E-state index in [9.17, 15) is 0 Å². The molecule has 0 heterocycles. The van der Waals surface area contributed by atoms with Gasteiger partial charge in [-0.1, -0.05) is 42.0 Å². The highest BCUT2D eigenvalue weighted by Crippen LogP contribution is 2.49. The third-order valence-corrected chi connectivity index (χ3v) is 3.78. The first kappa shape index (κ1) is 7.70. The van der Waals surface area contributed by atoms with E-state index in [1.807, 2.05) is 0 Å². The van der Waals surface area contributed by atoms with Crippen molar-refractivity contribution in [2.75, 3.05) is 0 Å². The van der Waals surface area contributed by atoms with E-state index in [2.05, 4.69) is 36.4 Å². The maximum Gasteiger partial charge on any atom is -0.00483 e. The van der Waals surface area contributed by atoms with Gasteiger partial charge in [0, 0.05) is 0 Å². The van der Waals surface area contributed by atoms with Crippen LogP contribution in [-0.4, -0.2) is 0 Å². The Morgan fingerprint density at radius 2 is 1.93 bits per heavy atom. The number of fused-ring (bicyclic) bond motifs is 3. The van der Waals surface area contributed by atoms with Crippen LogP contribution < -0.4 is 0 Å². The van der Waals surface area contributed by atoms with Crippen molar-refractivity contribution in [3.63, 3.8) is 0 Å². The van der Waals surface area contributed by atoms with Gasteiger partial charge in [0.25, 0.3) is 0 Å². The third kappa shape index (κ3) is 0.872. The molecule has 3 aliphatic carbocycles. The van der Waals surface area contributed by atoms with E-state index in [-0.39, 0.29) is 0 Å². The summed E-state index contributed by atoms with van der Waals surface area (Å²) >= 11 is 0. The minimum Gasteiger partial charge on any atom is -0.0798 e. The van der Waals surface area contributed by atoms with Crippen LogP contribution in [0.5, 0.6) is 0 Å². The van der Waals surface area contributed by atoms with Gasteiger partial charge in [-0.05, 0) is 47.1 Å². The van der Waals surface area contributed by atoms with Crippen molar-refractivity contribution >= 4 is 5.57 Å². The van der Waals surface area contributed by atoms with Crippen molar-refractivity contribution in [2.45, 2.75) is 19.3 Å². The second kappa shape index (κ2) is 2.52. The van der Waals surface area contributed by atoms with Gasteiger partial charge in [0.1, 0.15) is 0 Å². The molecule has 15 heavy (non-hydrogen) atoms. The quantitative estimate of drug-likeness (QED) is 0.588. The number of hydrogen-bond donors (Lipinski definition) is 0. The third-order valence-electron chi connectivity index (χ3n) is 3.78. The smallest absolute Gasteiger partial charge is 0.00483 e. The molecule has 0 nitrogen and oxygen atoms in total. The maximum atomic E-state index is 2.32. The van der Waals surface area contributed by atoms with Crippen LogP contribution in [0.3, 0.4) is 0 Å². The molecule has 0 heteroatoms. The largest absolute Gasteiger partial charge is 0.0798 e. The molecule has 3 aliphatic rings. The summed E-state index contributed by atoms with van der Waals surface area (Å²) in [6, 6.07) is 8.88. The Labute approximate surface area is 89.6 Å². The van der Waals surface area contributed by atoms with Crippen molar-refractivity contribution in [2.24, 2.45) is 0 Å². The van der Waals surface area contributed by atoms with E-state index >= 15 is 0 Å². The topological polar surface area (TPSA) is 0 Å². The first-order chi connectivity index (χ1) is 7.43. The second-order valence-corrected chi connectivity index (χ2v) is 4.60. The van der Waals surface area contributed by atoms with Crippen molar-refractivity contribution < 1.29 is 0 Å². The molecule has 0 fully saturated rings. The standard InChI is InChI=1S/C15H12/c1-2-6-13-10(4-1)8-12-9-11-5-3-7-14(11)15(12)13/h1-6H,7-9H2. The van der Waals surface area contributed by atoms with Gasteiger partial charge in [0.05, 0.1) is 0 Å². The van der Waals surface area contributed by atoms with Crippen LogP contribution in [0.25, 0.3) is 5.57 Å². The van der Waals surface area contributed by atoms with Gasteiger partial charge in [0.2, 0.25) is 0 Å². The Bertz CT molecular complexity index is 553. The molecule has 0 saturated carbocycles. The molecule has 0 amide bonds. The lowest BCUT2D eigenvalue weighted by Gasteiger charge is -2.06. The lowest BCUT2D eigenvalue weighted by molar-refractivity contribution is 1.09. The molecule has 0 aliphatic heterocycles. The molecule has 0 atom stereocenters. The minimum absolute atomic E-state index is 1.16. The fraction of sp³-hybridized carbons (Fsp3) is 0.200. The van der Waals surface area contributed by atoms with E-state index in [1.54, 1.807) is 22.3 Å². The fourth-order valence-corrected chi connectivity index (χ4v) is 3.16. The average molecular weight is 192 g/mol. The first-order valence-corrected chi connectivity index (χ1v) is 5.63. The normalized spacial score (nSPS) is 21.1. The zero-order valence-electron chi connectivity index (χ0n) is 8.59. The molecular weight excluding hydrogens is 180 g/mol. The molecule has 0 unspecified atom stereocenters. The van der Waals surface area contributed by atoms with Crippen LogP contribution in [0.1, 0.15) is 24.0 Å². The van der Waals surface area contributed by atoms with Crippen LogP contribution in [0.2, 0.25) is 0 Å². The van der Waals surface area contributed by atoms with Gasteiger partial charge in [-0.15, -0.1) is 0 Å². The molecular formula is C15H12. The molecule has 0 radical (unpaired) electrons. The lowest BCUT2D eigenvalue weighted by Crippen LogP contribution is -1.88. The highest BCUT2D eigenvalue weighted by Gasteiger charge is 2.31. The van der Waals surface area contributed by atoms with Crippen molar-refractivity contribution in [1.82, 2.24) is 0 Å². The Hall–Kier alpha value is -1.56. The fourth-order valence-electron chi connectivity index (χ4n) is 3.16. The lowest BCUT2D eigenvalue weighted by atomic mass is 9.98. The predicted octanol–water partition coefficient (Wildman–Crippen LogP) is 3.66. The summed E-state index contributed by atoms with van der Waals surface area (Å²) < 4.78 is 0. The van der Waals surface area contributed by atoms with Crippen LogP contribution in [0, 0.1) is 0 Å². The van der Waals surface area contributed by atoms with E-state index in [4.69, 9.17) is 0 Å². The Morgan fingerprint density at radius 1 is 1.00 bits per heavy atom. The van der Waals surface area contributed by atoms with Crippen LogP contribution >= 0.6 is 0 Å². The van der Waals surface area contributed by atoms with E-state index in [0.717, 1.165) is 6.42 Å². The molecule has 0 aromatic heterocycles. The number of rotatable bonds is 0. The van der Waals surface area contributed by atoms with Gasteiger partial charge in [0.15, 0.2) is 0 Å². The number of benzene rings is 1. The SMILES string of the molecule is C1=CC2=C(C1)C1=C(C2)Cc2ccccc21. The van der Waals surface area contributed by atoms with Gasteiger partial charge in [-0.25, -0.2) is 0 Å². The Morgan fingerprint density at radius 3 is 2.93 bits per heavy atom. The van der Waals surface area contributed by atoms with Gasteiger partial charge in [-0.2, -0.15) is 0 Å². The summed E-state index contributed by atoms with van der Waals surface area (Å²) in [5, 5.41) is 0. The van der Waals surface area contributed by atoms with E-state index in [0.29, 0.717) is 0 Å². The first-order valence-electron chi connectivity index (χ1n) is 5.63. The summed E-state index contributed by atoms with van der Waals surface area (Å²) in [5.41, 5.74) is 9.46. The van der Waals surface area contributed by atoms with Crippen molar-refractivity contribution in [1.29, 1.82) is 0 Å². The van der Waals surface area contributed by atoms with Crippen molar-refractivity contribution in [3.8, 4) is 0 Å². The number of hydrogen-bond acceptors (Lipinski definition) is 0. The molecule has 0 spiro atoms. The molecule has 0 bridgehead atoms. The summed E-state index contributed by atoms with van der Waals surface area (Å²) in [4.78, 5) is 0. The second-order valence-electron chi connectivity index (χ2n) is 4.60. The van der Waals surface area contributed by atoms with Gasteiger partial charge < -0.3 is 0 Å². The number of allylic oxidation sites excluding steroid dienone is 6. The zero-order valence-corrected chi connectivity index (χ0v) is 8.59. The maximum absolute atomic E-state index is 2.32. The average Bonchev–Trinajstić information content (AvgIpc) is 2.85. The predicted molar refractivity (Wildman–Crippen MR) is 62.5 cm³/mol. The Balaban J connectivity index is 1.93. The van der Waals surface area contributed by atoms with Crippen LogP contribution in [0.15, 0.2) is 53.1 Å². The summed E-state index contributed by atoms with van der Waals surface area (Å²) in [7, 11) is 0. The molecule has 1 aromatic carbocycles. The highest BCUT2D eigenvalue weighted by molar-refractivity contribution is 5.92. The van der Waals surface area contributed by atoms with Gasteiger partial charge >= 0.3 is 0 Å².